The van der Waals surface area contributed by atoms with Crippen molar-refractivity contribution in [3.63, 3.8) is 0 Å². The van der Waals surface area contributed by atoms with E-state index in [-0.39, 0.29) is 11.2 Å². The molecule has 0 radical (unpaired) electrons. The van der Waals surface area contributed by atoms with Crippen molar-refractivity contribution < 1.29 is 4.79 Å². The van der Waals surface area contributed by atoms with Crippen LogP contribution in [0.1, 0.15) is 30.4 Å². The molecule has 0 heterocycles. The summed E-state index contributed by atoms with van der Waals surface area (Å²) < 4.78 is 0. The lowest BCUT2D eigenvalue weighted by molar-refractivity contribution is -0.132. The average molecular weight is 252 g/mol. The van der Waals surface area contributed by atoms with Crippen molar-refractivity contribution in [2.24, 2.45) is 11.1 Å². The van der Waals surface area contributed by atoms with E-state index in [1.165, 1.54) is 0 Å². The highest BCUT2D eigenvalue weighted by Crippen LogP contribution is 2.41. The maximum absolute atomic E-state index is 12.2. The van der Waals surface area contributed by atoms with Gasteiger partial charge >= 0.3 is 0 Å². The molecule has 0 unspecified atom stereocenters. The molecule has 1 aromatic carbocycles. The van der Waals surface area contributed by atoms with E-state index in [1.807, 2.05) is 25.1 Å². The summed E-state index contributed by atoms with van der Waals surface area (Å²) in [6, 6.07) is 5.84. The van der Waals surface area contributed by atoms with Gasteiger partial charge in [-0.05, 0) is 37.0 Å². The van der Waals surface area contributed by atoms with Crippen LogP contribution in [-0.2, 0) is 11.2 Å². The van der Waals surface area contributed by atoms with E-state index in [0.29, 0.717) is 18.0 Å². The van der Waals surface area contributed by atoms with Gasteiger partial charge in [-0.3, -0.25) is 4.79 Å². The number of Topliss-reactive ketones (excluding diaryl/α,β-unsaturated/α-hetero) is 1. The molecule has 1 saturated carbocycles. The lowest BCUT2D eigenvalue weighted by Gasteiger charge is -2.39. The number of aryl methyl sites for hydroxylation is 1. The van der Waals surface area contributed by atoms with Crippen LogP contribution < -0.4 is 5.73 Å². The smallest absolute Gasteiger partial charge is 0.144 e. The van der Waals surface area contributed by atoms with Gasteiger partial charge in [-0.15, -0.1) is 0 Å². The van der Waals surface area contributed by atoms with Gasteiger partial charge in [0.05, 0.1) is 0 Å². The lowest BCUT2D eigenvalue weighted by Crippen LogP contribution is -2.45. The van der Waals surface area contributed by atoms with E-state index in [4.69, 9.17) is 17.3 Å². The fourth-order valence-corrected chi connectivity index (χ4v) is 2.66. The Kier molecular flexibility index (Phi) is 3.55. The first-order chi connectivity index (χ1) is 8.07. The predicted molar refractivity (Wildman–Crippen MR) is 70.2 cm³/mol. The summed E-state index contributed by atoms with van der Waals surface area (Å²) in [6.45, 7) is 2.46. The first kappa shape index (κ1) is 12.6. The molecule has 1 aliphatic rings. The Morgan fingerprint density at radius 3 is 2.65 bits per heavy atom. The molecule has 2 nitrogen and oxygen atoms in total. The van der Waals surface area contributed by atoms with E-state index in [1.54, 1.807) is 0 Å². The number of hydrogen-bond donors (Lipinski definition) is 1. The van der Waals surface area contributed by atoms with Gasteiger partial charge in [0.1, 0.15) is 5.78 Å². The summed E-state index contributed by atoms with van der Waals surface area (Å²) in [5.74, 6) is 0.247. The van der Waals surface area contributed by atoms with Gasteiger partial charge in [-0.1, -0.05) is 30.2 Å². The summed E-state index contributed by atoms with van der Waals surface area (Å²) in [7, 11) is 0. The molecule has 0 aromatic heterocycles. The molecule has 0 amide bonds. The van der Waals surface area contributed by atoms with Crippen LogP contribution in [0.5, 0.6) is 0 Å². The zero-order valence-corrected chi connectivity index (χ0v) is 10.9. The maximum atomic E-state index is 12.2. The minimum Gasteiger partial charge on any atom is -0.329 e. The molecule has 1 aliphatic carbocycles. The Morgan fingerprint density at radius 2 is 2.18 bits per heavy atom. The molecule has 2 N–H and O–H groups in total. The molecule has 17 heavy (non-hydrogen) atoms. The fraction of sp³-hybridized carbons (Fsp3) is 0.500. The first-order valence-electron chi connectivity index (χ1n) is 6.06. The van der Waals surface area contributed by atoms with Crippen LogP contribution in [0.2, 0.25) is 5.02 Å². The topological polar surface area (TPSA) is 43.1 Å². The molecule has 0 atom stereocenters. The Labute approximate surface area is 107 Å². The second-order valence-corrected chi connectivity index (χ2v) is 5.44. The zero-order chi connectivity index (χ0) is 12.5. The minimum absolute atomic E-state index is 0.247. The summed E-state index contributed by atoms with van der Waals surface area (Å²) in [4.78, 5) is 12.2. The number of halogens is 1. The van der Waals surface area contributed by atoms with Gasteiger partial charge < -0.3 is 5.73 Å². The van der Waals surface area contributed by atoms with E-state index in [2.05, 4.69) is 0 Å². The second-order valence-electron chi connectivity index (χ2n) is 5.03. The molecule has 92 valence electrons. The third-order valence-electron chi connectivity index (χ3n) is 3.85. The molecule has 1 fully saturated rings. The van der Waals surface area contributed by atoms with E-state index in [0.717, 1.165) is 30.4 Å². The summed E-state index contributed by atoms with van der Waals surface area (Å²) in [6.07, 6.45) is 3.40. The summed E-state index contributed by atoms with van der Waals surface area (Å²) >= 11 is 6.14. The number of hydrogen-bond acceptors (Lipinski definition) is 2. The van der Waals surface area contributed by atoms with Crippen LogP contribution >= 0.6 is 11.6 Å². The van der Waals surface area contributed by atoms with Crippen LogP contribution in [0, 0.1) is 12.3 Å². The average Bonchev–Trinajstić information content (AvgIpc) is 2.21. The van der Waals surface area contributed by atoms with Gasteiger partial charge in [0.25, 0.3) is 0 Å². The van der Waals surface area contributed by atoms with E-state index in [9.17, 15) is 4.79 Å². The van der Waals surface area contributed by atoms with Gasteiger partial charge in [0.15, 0.2) is 0 Å². The van der Waals surface area contributed by atoms with Crippen molar-refractivity contribution in [2.75, 3.05) is 6.54 Å². The molecule has 2 rings (SSSR count). The quantitative estimate of drug-likeness (QED) is 0.894. The number of rotatable bonds is 4. The molecular formula is C14H18ClNO. The molecule has 0 saturated heterocycles. The monoisotopic (exact) mass is 251 g/mol. The molecule has 3 heteroatoms. The Balaban J connectivity index is 2.13. The maximum Gasteiger partial charge on any atom is 0.144 e. The summed E-state index contributed by atoms with van der Waals surface area (Å²) in [5, 5.41) is 0.685. The third-order valence-corrected chi connectivity index (χ3v) is 4.20. The number of ketones is 1. The largest absolute Gasteiger partial charge is 0.329 e. The Hall–Kier alpha value is -0.860. The van der Waals surface area contributed by atoms with Gasteiger partial charge in [-0.25, -0.2) is 0 Å². The fourth-order valence-electron chi connectivity index (χ4n) is 2.36. The van der Waals surface area contributed by atoms with Crippen molar-refractivity contribution >= 4 is 17.4 Å². The van der Waals surface area contributed by atoms with Crippen LogP contribution in [0.15, 0.2) is 18.2 Å². The van der Waals surface area contributed by atoms with Crippen LogP contribution in [-0.4, -0.2) is 12.3 Å². The van der Waals surface area contributed by atoms with Crippen molar-refractivity contribution in [1.29, 1.82) is 0 Å². The van der Waals surface area contributed by atoms with Crippen molar-refractivity contribution in [3.8, 4) is 0 Å². The molecule has 0 aliphatic heterocycles. The van der Waals surface area contributed by atoms with Crippen LogP contribution in [0.4, 0.5) is 0 Å². The lowest BCUT2D eigenvalue weighted by atomic mass is 9.65. The molecule has 1 aromatic rings. The van der Waals surface area contributed by atoms with Gasteiger partial charge in [-0.2, -0.15) is 0 Å². The normalized spacial score (nSPS) is 17.6. The summed E-state index contributed by atoms with van der Waals surface area (Å²) in [5.41, 5.74) is 7.51. The van der Waals surface area contributed by atoms with Crippen LogP contribution in [0.25, 0.3) is 0 Å². The van der Waals surface area contributed by atoms with Crippen molar-refractivity contribution in [2.45, 2.75) is 32.6 Å². The third kappa shape index (κ3) is 2.38. The number of benzene rings is 1. The zero-order valence-electron chi connectivity index (χ0n) is 10.1. The highest BCUT2D eigenvalue weighted by molar-refractivity contribution is 6.31. The van der Waals surface area contributed by atoms with Crippen molar-refractivity contribution in [3.05, 3.63) is 34.3 Å². The van der Waals surface area contributed by atoms with Gasteiger partial charge in [0.2, 0.25) is 0 Å². The predicted octanol–water partition coefficient (Wildman–Crippen LogP) is 2.89. The van der Waals surface area contributed by atoms with Gasteiger partial charge in [0, 0.05) is 23.4 Å². The standard InChI is InChI=1S/C14H18ClNO/c1-10-3-4-11(12(15)7-10)8-13(17)14(9-16)5-2-6-14/h3-4,7H,2,5-6,8-9,16H2,1H3. The number of carbonyl (C=O) groups is 1. The highest BCUT2D eigenvalue weighted by atomic mass is 35.5. The van der Waals surface area contributed by atoms with E-state index < -0.39 is 0 Å². The Morgan fingerprint density at radius 1 is 1.47 bits per heavy atom. The van der Waals surface area contributed by atoms with Crippen LogP contribution in [0.3, 0.4) is 0 Å². The first-order valence-corrected chi connectivity index (χ1v) is 6.44. The molecule has 0 spiro atoms. The number of nitrogens with two attached hydrogens (primary N) is 1. The second kappa shape index (κ2) is 4.79. The molecular weight excluding hydrogens is 234 g/mol. The SMILES string of the molecule is Cc1ccc(CC(=O)C2(CN)CCC2)c(Cl)c1. The number of carbonyl (C=O) groups excluding carboxylic acids is 1. The molecule has 0 bridgehead atoms. The Bertz CT molecular complexity index is 432. The minimum atomic E-state index is -0.256. The van der Waals surface area contributed by atoms with E-state index >= 15 is 0 Å². The van der Waals surface area contributed by atoms with Crippen molar-refractivity contribution in [1.82, 2.24) is 0 Å². The highest BCUT2D eigenvalue weighted by Gasteiger charge is 2.42.